The molecule has 2 nitrogen and oxygen atoms in total. The van der Waals surface area contributed by atoms with Gasteiger partial charge in [-0.15, -0.1) is 0 Å². The molecule has 3 aromatic carbocycles. The van der Waals surface area contributed by atoms with Gasteiger partial charge in [0.05, 0.1) is 12.2 Å². The van der Waals surface area contributed by atoms with Crippen LogP contribution in [-0.4, -0.2) is 22.4 Å². The standard InChI is InChI=1S/C12H18.2C11H16O/c1-9(2)11(4)12-8-6-5-7-10(12)3;2*1-8-6-4-5-7-11(8)9(2)10(3)12/h5-9,11H,1-4H3;2*4-7,9-10,12H,1-3H3/t11-;2*9-,10+/m011/s1. The summed E-state index contributed by atoms with van der Waals surface area (Å²) in [5.41, 5.74) is 7.91. The molecule has 198 valence electrons. The highest BCUT2D eigenvalue weighted by Gasteiger charge is 2.13. The van der Waals surface area contributed by atoms with Crippen molar-refractivity contribution in [3.8, 4) is 0 Å². The maximum atomic E-state index is 9.40. The lowest BCUT2D eigenvalue weighted by Gasteiger charge is -2.17. The fraction of sp³-hybridized carbons (Fsp3) is 0.471. The fourth-order valence-electron chi connectivity index (χ4n) is 4.17. The Kier molecular flexibility index (Phi) is 13.7. The molecular formula is C34H50O2. The summed E-state index contributed by atoms with van der Waals surface area (Å²) in [6.07, 6.45) is -0.544. The van der Waals surface area contributed by atoms with Crippen molar-refractivity contribution in [3.63, 3.8) is 0 Å². The number of hydrogen-bond donors (Lipinski definition) is 2. The molecule has 0 fully saturated rings. The van der Waals surface area contributed by atoms with Gasteiger partial charge in [-0.1, -0.05) is 107 Å². The summed E-state index contributed by atoms with van der Waals surface area (Å²) >= 11 is 0. The van der Waals surface area contributed by atoms with E-state index in [-0.39, 0.29) is 24.0 Å². The molecule has 0 saturated heterocycles. The van der Waals surface area contributed by atoms with Gasteiger partial charge in [-0.05, 0) is 79.8 Å². The van der Waals surface area contributed by atoms with Crippen molar-refractivity contribution in [3.05, 3.63) is 106 Å². The van der Waals surface area contributed by atoms with Crippen LogP contribution in [0, 0.1) is 26.7 Å². The number of rotatable bonds is 6. The highest BCUT2D eigenvalue weighted by molar-refractivity contribution is 5.30. The lowest BCUT2D eigenvalue weighted by molar-refractivity contribution is 0.168. The molecule has 0 aliphatic heterocycles. The van der Waals surface area contributed by atoms with Gasteiger partial charge in [0.2, 0.25) is 0 Å². The number of benzene rings is 3. The smallest absolute Gasteiger partial charge is 0.0578 e. The van der Waals surface area contributed by atoms with Crippen molar-refractivity contribution in [2.45, 2.75) is 99.2 Å². The van der Waals surface area contributed by atoms with Crippen molar-refractivity contribution >= 4 is 0 Å². The van der Waals surface area contributed by atoms with Crippen molar-refractivity contribution < 1.29 is 10.2 Å². The van der Waals surface area contributed by atoms with E-state index >= 15 is 0 Å². The highest BCUT2D eigenvalue weighted by Crippen LogP contribution is 2.26. The van der Waals surface area contributed by atoms with Crippen LogP contribution in [0.4, 0.5) is 0 Å². The summed E-state index contributed by atoms with van der Waals surface area (Å²) in [6.45, 7) is 21.0. The van der Waals surface area contributed by atoms with Crippen LogP contribution in [0.1, 0.15) is 99.6 Å². The van der Waals surface area contributed by atoms with Crippen LogP contribution in [0.3, 0.4) is 0 Å². The normalized spacial score (nSPS) is 14.9. The molecule has 0 aliphatic carbocycles. The van der Waals surface area contributed by atoms with Crippen molar-refractivity contribution in [1.82, 2.24) is 0 Å². The van der Waals surface area contributed by atoms with Gasteiger partial charge in [-0.25, -0.2) is 0 Å². The van der Waals surface area contributed by atoms with E-state index < -0.39 is 0 Å². The van der Waals surface area contributed by atoms with Gasteiger partial charge in [0.15, 0.2) is 0 Å². The zero-order valence-electron chi connectivity index (χ0n) is 24.3. The maximum absolute atomic E-state index is 9.40. The van der Waals surface area contributed by atoms with Gasteiger partial charge in [-0.2, -0.15) is 0 Å². The number of aliphatic hydroxyl groups excluding tert-OH is 2. The first kappa shape index (κ1) is 31.6. The molecule has 0 saturated carbocycles. The first-order valence-corrected chi connectivity index (χ1v) is 13.4. The Balaban J connectivity index is 0.000000270. The average Bonchev–Trinajstić information content (AvgIpc) is 2.84. The lowest BCUT2D eigenvalue weighted by atomic mass is 9.88. The molecule has 3 aromatic rings. The Morgan fingerprint density at radius 1 is 0.417 bits per heavy atom. The van der Waals surface area contributed by atoms with Gasteiger partial charge < -0.3 is 10.2 Å². The zero-order chi connectivity index (χ0) is 27.4. The fourth-order valence-corrected chi connectivity index (χ4v) is 4.17. The van der Waals surface area contributed by atoms with Crippen LogP contribution < -0.4 is 0 Å². The SMILES string of the molecule is Cc1ccccc1[C@@H](C)C(C)C.Cc1ccccc1[C@H](C)[C@H](C)O.Cc1ccccc1[C@H](C)[C@H](C)O. The molecule has 0 aliphatic rings. The predicted molar refractivity (Wildman–Crippen MR) is 157 cm³/mol. The summed E-state index contributed by atoms with van der Waals surface area (Å²) in [7, 11) is 0. The minimum absolute atomic E-state index is 0.228. The molecule has 0 bridgehead atoms. The van der Waals surface area contributed by atoms with Crippen LogP contribution >= 0.6 is 0 Å². The van der Waals surface area contributed by atoms with Crippen LogP contribution in [-0.2, 0) is 0 Å². The number of aryl methyl sites for hydroxylation is 3. The van der Waals surface area contributed by atoms with Crippen LogP contribution in [0.25, 0.3) is 0 Å². The Morgan fingerprint density at radius 3 is 0.889 bits per heavy atom. The third-order valence-electron chi connectivity index (χ3n) is 7.48. The average molecular weight is 491 g/mol. The molecule has 3 rings (SSSR count). The molecule has 0 aromatic heterocycles. The highest BCUT2D eigenvalue weighted by atomic mass is 16.3. The molecule has 2 heteroatoms. The second-order valence-corrected chi connectivity index (χ2v) is 10.7. The van der Waals surface area contributed by atoms with E-state index in [0.29, 0.717) is 5.92 Å². The van der Waals surface area contributed by atoms with Gasteiger partial charge in [0.25, 0.3) is 0 Å². The lowest BCUT2D eigenvalue weighted by Crippen LogP contribution is -2.11. The van der Waals surface area contributed by atoms with E-state index in [1.165, 1.54) is 33.4 Å². The Bertz CT molecular complexity index is 887. The Labute approximate surface area is 221 Å². The molecule has 0 radical (unpaired) electrons. The largest absolute Gasteiger partial charge is 0.393 e. The summed E-state index contributed by atoms with van der Waals surface area (Å²) in [5.74, 6) is 1.86. The third kappa shape index (κ3) is 9.91. The maximum Gasteiger partial charge on any atom is 0.0578 e. The zero-order valence-corrected chi connectivity index (χ0v) is 24.3. The summed E-state index contributed by atoms with van der Waals surface area (Å²) in [5, 5.41) is 18.8. The molecule has 0 heterocycles. The van der Waals surface area contributed by atoms with E-state index in [2.05, 4.69) is 90.1 Å². The first-order valence-electron chi connectivity index (χ1n) is 13.4. The summed E-state index contributed by atoms with van der Waals surface area (Å²) in [4.78, 5) is 0. The quantitative estimate of drug-likeness (QED) is 0.363. The van der Waals surface area contributed by atoms with E-state index in [4.69, 9.17) is 0 Å². The summed E-state index contributed by atoms with van der Waals surface area (Å²) in [6, 6.07) is 25.0. The second kappa shape index (κ2) is 15.6. The van der Waals surface area contributed by atoms with E-state index in [0.717, 1.165) is 5.92 Å². The van der Waals surface area contributed by atoms with Gasteiger partial charge >= 0.3 is 0 Å². The van der Waals surface area contributed by atoms with Crippen molar-refractivity contribution in [2.24, 2.45) is 5.92 Å². The van der Waals surface area contributed by atoms with E-state index in [1.807, 2.05) is 52.0 Å². The summed E-state index contributed by atoms with van der Waals surface area (Å²) < 4.78 is 0. The first-order chi connectivity index (χ1) is 16.9. The molecule has 5 atom stereocenters. The number of hydrogen-bond acceptors (Lipinski definition) is 2. The monoisotopic (exact) mass is 490 g/mol. The van der Waals surface area contributed by atoms with E-state index in [1.54, 1.807) is 0 Å². The Morgan fingerprint density at radius 2 is 0.667 bits per heavy atom. The minimum atomic E-state index is -0.272. The molecule has 0 amide bonds. The number of aliphatic hydroxyl groups is 2. The van der Waals surface area contributed by atoms with Crippen LogP contribution in [0.15, 0.2) is 72.8 Å². The van der Waals surface area contributed by atoms with Gasteiger partial charge in [0, 0.05) is 11.8 Å². The second-order valence-electron chi connectivity index (χ2n) is 10.7. The minimum Gasteiger partial charge on any atom is -0.393 e. The van der Waals surface area contributed by atoms with Crippen LogP contribution in [0.2, 0.25) is 0 Å². The van der Waals surface area contributed by atoms with Crippen molar-refractivity contribution in [1.29, 1.82) is 0 Å². The predicted octanol–water partition coefficient (Wildman–Crippen LogP) is 8.71. The molecule has 36 heavy (non-hydrogen) atoms. The van der Waals surface area contributed by atoms with Gasteiger partial charge in [0.1, 0.15) is 0 Å². The topological polar surface area (TPSA) is 40.5 Å². The Hall–Kier alpha value is -2.42. The third-order valence-corrected chi connectivity index (χ3v) is 7.48. The molecule has 2 N–H and O–H groups in total. The van der Waals surface area contributed by atoms with E-state index in [9.17, 15) is 10.2 Å². The van der Waals surface area contributed by atoms with Gasteiger partial charge in [-0.3, -0.25) is 0 Å². The molecular weight excluding hydrogens is 440 g/mol. The van der Waals surface area contributed by atoms with Crippen LogP contribution in [0.5, 0.6) is 0 Å². The molecule has 0 unspecified atom stereocenters. The molecule has 0 spiro atoms. The van der Waals surface area contributed by atoms with Crippen molar-refractivity contribution in [2.75, 3.05) is 0 Å².